The number of methoxy groups -OCH3 is 1. The second-order valence-corrected chi connectivity index (χ2v) is 6.11. The average Bonchev–Trinajstić information content (AvgIpc) is 2.88. The molecule has 0 radical (unpaired) electrons. The van der Waals surface area contributed by atoms with Gasteiger partial charge in [-0.3, -0.25) is 0 Å². The van der Waals surface area contributed by atoms with Gasteiger partial charge in [-0.1, -0.05) is 34.8 Å². The summed E-state index contributed by atoms with van der Waals surface area (Å²) in [6, 6.07) is 5.14. The Morgan fingerprint density at radius 1 is 1.42 bits per heavy atom. The number of halogens is 2. The van der Waals surface area contributed by atoms with Gasteiger partial charge in [0.05, 0.1) is 5.60 Å². The number of likely N-dealkylation sites (N-methyl/N-ethyl adjacent to an activating group) is 1. The summed E-state index contributed by atoms with van der Waals surface area (Å²) in [7, 11) is 3.77. The smallest absolute Gasteiger partial charge is 0.124 e. The van der Waals surface area contributed by atoms with Gasteiger partial charge in [0.25, 0.3) is 0 Å². The number of nitrogens with one attached hydrogen (secondary N) is 1. The Morgan fingerprint density at radius 3 is 2.63 bits per heavy atom. The molecule has 106 valence electrons. The SMILES string of the molecule is CNC(Cc1ccc(F)cc1Br)C1(OC)CCCC1. The van der Waals surface area contributed by atoms with Crippen molar-refractivity contribution in [1.82, 2.24) is 5.32 Å². The van der Waals surface area contributed by atoms with Crippen LogP contribution in [0.15, 0.2) is 22.7 Å². The molecule has 2 rings (SSSR count). The zero-order valence-electron chi connectivity index (χ0n) is 11.5. The van der Waals surface area contributed by atoms with Gasteiger partial charge in [0.2, 0.25) is 0 Å². The molecule has 1 aromatic carbocycles. The number of rotatable bonds is 5. The molecule has 1 aliphatic carbocycles. The van der Waals surface area contributed by atoms with E-state index in [1.165, 1.54) is 25.0 Å². The Bertz CT molecular complexity index is 432. The van der Waals surface area contributed by atoms with Crippen molar-refractivity contribution in [3.8, 4) is 0 Å². The van der Waals surface area contributed by atoms with Crippen LogP contribution in [0.3, 0.4) is 0 Å². The van der Waals surface area contributed by atoms with Crippen LogP contribution < -0.4 is 5.32 Å². The number of hydrogen-bond acceptors (Lipinski definition) is 2. The van der Waals surface area contributed by atoms with Crippen LogP contribution in [0, 0.1) is 5.82 Å². The first-order valence-electron chi connectivity index (χ1n) is 6.77. The first-order valence-corrected chi connectivity index (χ1v) is 7.57. The second-order valence-electron chi connectivity index (χ2n) is 5.26. The van der Waals surface area contributed by atoms with E-state index in [1.807, 2.05) is 13.1 Å². The van der Waals surface area contributed by atoms with E-state index >= 15 is 0 Å². The van der Waals surface area contributed by atoms with Gasteiger partial charge in [0.1, 0.15) is 5.82 Å². The van der Waals surface area contributed by atoms with Crippen LogP contribution in [0.5, 0.6) is 0 Å². The van der Waals surface area contributed by atoms with E-state index < -0.39 is 0 Å². The Morgan fingerprint density at radius 2 is 2.11 bits per heavy atom. The Balaban J connectivity index is 2.18. The highest BCUT2D eigenvalue weighted by molar-refractivity contribution is 9.10. The molecule has 1 N–H and O–H groups in total. The maximum absolute atomic E-state index is 13.1. The molecule has 0 aliphatic heterocycles. The molecule has 1 atom stereocenters. The summed E-state index contributed by atoms with van der Waals surface area (Å²) in [6.07, 6.45) is 5.46. The Hall–Kier alpha value is -0.450. The van der Waals surface area contributed by atoms with E-state index in [4.69, 9.17) is 4.74 Å². The van der Waals surface area contributed by atoms with Crippen molar-refractivity contribution in [2.24, 2.45) is 0 Å². The molecular weight excluding hydrogens is 309 g/mol. The number of benzene rings is 1. The molecule has 19 heavy (non-hydrogen) atoms. The summed E-state index contributed by atoms with van der Waals surface area (Å²) < 4.78 is 19.8. The van der Waals surface area contributed by atoms with E-state index in [0.29, 0.717) is 0 Å². The molecule has 0 bridgehead atoms. The topological polar surface area (TPSA) is 21.3 Å². The molecule has 0 amide bonds. The van der Waals surface area contributed by atoms with Crippen LogP contribution in [0.25, 0.3) is 0 Å². The van der Waals surface area contributed by atoms with Crippen LogP contribution in [0.4, 0.5) is 4.39 Å². The quantitative estimate of drug-likeness (QED) is 0.889. The molecule has 1 aromatic rings. The lowest BCUT2D eigenvalue weighted by molar-refractivity contribution is -0.0336. The van der Waals surface area contributed by atoms with E-state index in [2.05, 4.69) is 21.2 Å². The summed E-state index contributed by atoms with van der Waals surface area (Å²) in [5.41, 5.74) is 1.03. The second kappa shape index (κ2) is 6.33. The van der Waals surface area contributed by atoms with Crippen molar-refractivity contribution in [3.05, 3.63) is 34.1 Å². The van der Waals surface area contributed by atoms with Crippen LogP contribution in [-0.4, -0.2) is 25.8 Å². The van der Waals surface area contributed by atoms with E-state index in [9.17, 15) is 4.39 Å². The molecule has 1 saturated carbocycles. The van der Waals surface area contributed by atoms with Gasteiger partial charge in [0.15, 0.2) is 0 Å². The first kappa shape index (κ1) is 14.9. The standard InChI is InChI=1S/C15H21BrFNO/c1-18-14(15(19-2)7-3-4-8-15)9-11-5-6-12(17)10-13(11)16/h5-6,10,14,18H,3-4,7-9H2,1-2H3. The molecule has 1 unspecified atom stereocenters. The van der Waals surface area contributed by atoms with Gasteiger partial charge >= 0.3 is 0 Å². The Kier molecular flexibility index (Phi) is 4.98. The molecule has 0 saturated heterocycles. The number of ether oxygens (including phenoxy) is 1. The zero-order chi connectivity index (χ0) is 13.9. The third-order valence-corrected chi connectivity index (χ3v) is 5.02. The third kappa shape index (κ3) is 3.18. The lowest BCUT2D eigenvalue weighted by Crippen LogP contribution is -2.50. The van der Waals surface area contributed by atoms with E-state index in [0.717, 1.165) is 29.3 Å². The summed E-state index contributed by atoms with van der Waals surface area (Å²) >= 11 is 3.44. The van der Waals surface area contributed by atoms with Crippen LogP contribution in [-0.2, 0) is 11.2 Å². The minimum Gasteiger partial charge on any atom is -0.377 e. The van der Waals surface area contributed by atoms with Gasteiger partial charge in [-0.05, 0) is 44.0 Å². The van der Waals surface area contributed by atoms with Gasteiger partial charge in [-0.2, -0.15) is 0 Å². The highest BCUT2D eigenvalue weighted by Crippen LogP contribution is 2.37. The van der Waals surface area contributed by atoms with Crippen molar-refractivity contribution in [2.75, 3.05) is 14.2 Å². The lowest BCUT2D eigenvalue weighted by Gasteiger charge is -2.36. The molecule has 1 fully saturated rings. The highest BCUT2D eigenvalue weighted by atomic mass is 79.9. The average molecular weight is 330 g/mol. The predicted octanol–water partition coefficient (Wildman–Crippen LogP) is 3.68. The monoisotopic (exact) mass is 329 g/mol. The van der Waals surface area contributed by atoms with Crippen molar-refractivity contribution in [1.29, 1.82) is 0 Å². The molecule has 4 heteroatoms. The van der Waals surface area contributed by atoms with Gasteiger partial charge < -0.3 is 10.1 Å². The highest BCUT2D eigenvalue weighted by Gasteiger charge is 2.40. The van der Waals surface area contributed by atoms with Crippen LogP contribution >= 0.6 is 15.9 Å². The molecule has 0 heterocycles. The minimum absolute atomic E-state index is 0.0808. The van der Waals surface area contributed by atoms with Gasteiger partial charge in [0, 0.05) is 17.6 Å². The van der Waals surface area contributed by atoms with Gasteiger partial charge in [-0.15, -0.1) is 0 Å². The third-order valence-electron chi connectivity index (χ3n) is 4.28. The maximum Gasteiger partial charge on any atom is 0.124 e. The van der Waals surface area contributed by atoms with E-state index in [1.54, 1.807) is 7.11 Å². The number of hydrogen-bond donors (Lipinski definition) is 1. The summed E-state index contributed by atoms with van der Waals surface area (Å²) in [5, 5.41) is 3.39. The van der Waals surface area contributed by atoms with Gasteiger partial charge in [-0.25, -0.2) is 4.39 Å². The summed E-state index contributed by atoms with van der Waals surface area (Å²) in [5.74, 6) is -0.209. The molecule has 0 aromatic heterocycles. The van der Waals surface area contributed by atoms with Crippen molar-refractivity contribution >= 4 is 15.9 Å². The molecule has 2 nitrogen and oxygen atoms in total. The zero-order valence-corrected chi connectivity index (χ0v) is 13.1. The molecule has 1 aliphatic rings. The fraction of sp³-hybridized carbons (Fsp3) is 0.600. The fourth-order valence-corrected chi connectivity index (χ4v) is 3.64. The van der Waals surface area contributed by atoms with Crippen molar-refractivity contribution in [3.63, 3.8) is 0 Å². The van der Waals surface area contributed by atoms with Crippen LogP contribution in [0.1, 0.15) is 31.2 Å². The molecular formula is C15H21BrFNO. The van der Waals surface area contributed by atoms with Crippen LogP contribution in [0.2, 0.25) is 0 Å². The molecule has 0 spiro atoms. The first-order chi connectivity index (χ1) is 9.11. The Labute approximate surface area is 122 Å². The van der Waals surface area contributed by atoms with E-state index in [-0.39, 0.29) is 17.5 Å². The largest absolute Gasteiger partial charge is 0.377 e. The summed E-state index contributed by atoms with van der Waals surface area (Å²) in [6.45, 7) is 0. The summed E-state index contributed by atoms with van der Waals surface area (Å²) in [4.78, 5) is 0. The fourth-order valence-electron chi connectivity index (χ4n) is 3.13. The lowest BCUT2D eigenvalue weighted by atomic mass is 9.87. The van der Waals surface area contributed by atoms with Crippen molar-refractivity contribution in [2.45, 2.75) is 43.7 Å². The normalized spacial score (nSPS) is 19.6. The predicted molar refractivity (Wildman–Crippen MR) is 78.9 cm³/mol. The van der Waals surface area contributed by atoms with Crippen molar-refractivity contribution < 1.29 is 9.13 Å². The minimum atomic E-state index is -0.209. The maximum atomic E-state index is 13.1.